The van der Waals surface area contributed by atoms with Crippen LogP contribution < -0.4 is 4.90 Å². The van der Waals surface area contributed by atoms with Gasteiger partial charge < -0.3 is 14.2 Å². The number of carbonyl (C=O) groups is 2. The smallest absolute Gasteiger partial charge is 0.228 e. The maximum absolute atomic E-state index is 12.8. The number of furan rings is 1. The lowest BCUT2D eigenvalue weighted by Gasteiger charge is -2.26. The van der Waals surface area contributed by atoms with Crippen molar-refractivity contribution >= 4 is 33.4 Å². The van der Waals surface area contributed by atoms with Crippen LogP contribution >= 0.6 is 15.9 Å². The number of hydrogen-bond acceptors (Lipinski definition) is 3. The summed E-state index contributed by atoms with van der Waals surface area (Å²) >= 11 is 3.47. The zero-order chi connectivity index (χ0) is 17.3. The van der Waals surface area contributed by atoms with E-state index in [-0.39, 0.29) is 30.2 Å². The van der Waals surface area contributed by atoms with Crippen LogP contribution in [0.4, 0.5) is 5.69 Å². The number of anilines is 1. The SMILES string of the molecule is CC(c1ccco1)N(C)C(=O)C1CC(=O)N(c2ccccc2Br)C1. The van der Waals surface area contributed by atoms with Crippen LogP contribution in [0.25, 0.3) is 0 Å². The standard InChI is InChI=1S/C18H19BrN2O3/c1-12(16-8-5-9-24-16)20(2)18(23)13-10-17(22)21(11-13)15-7-4-3-6-14(15)19/h3-9,12-13H,10-11H2,1-2H3. The molecular weight excluding hydrogens is 372 g/mol. The number of para-hydroxylation sites is 1. The summed E-state index contributed by atoms with van der Waals surface area (Å²) in [6, 6.07) is 11.0. The number of halogens is 1. The highest BCUT2D eigenvalue weighted by atomic mass is 79.9. The maximum atomic E-state index is 12.8. The van der Waals surface area contributed by atoms with Gasteiger partial charge in [-0.15, -0.1) is 0 Å². The molecule has 2 amide bonds. The highest BCUT2D eigenvalue weighted by Gasteiger charge is 2.38. The zero-order valence-electron chi connectivity index (χ0n) is 13.6. The molecule has 3 rings (SSSR count). The summed E-state index contributed by atoms with van der Waals surface area (Å²) < 4.78 is 6.23. The molecule has 6 heteroatoms. The number of amides is 2. The Morgan fingerprint density at radius 2 is 2.08 bits per heavy atom. The summed E-state index contributed by atoms with van der Waals surface area (Å²) in [6.45, 7) is 2.31. The van der Waals surface area contributed by atoms with Crippen LogP contribution in [0.1, 0.15) is 25.1 Å². The van der Waals surface area contributed by atoms with Crippen molar-refractivity contribution in [2.24, 2.45) is 5.92 Å². The maximum Gasteiger partial charge on any atom is 0.228 e. The average Bonchev–Trinajstić information content (AvgIpc) is 3.23. The van der Waals surface area contributed by atoms with E-state index in [1.54, 1.807) is 29.2 Å². The molecule has 5 nitrogen and oxygen atoms in total. The predicted octanol–water partition coefficient (Wildman–Crippen LogP) is 3.61. The van der Waals surface area contributed by atoms with E-state index in [9.17, 15) is 9.59 Å². The molecule has 2 aromatic rings. The Hall–Kier alpha value is -2.08. The fraction of sp³-hybridized carbons (Fsp3) is 0.333. The molecule has 1 aliphatic rings. The van der Waals surface area contributed by atoms with Gasteiger partial charge >= 0.3 is 0 Å². The lowest BCUT2D eigenvalue weighted by molar-refractivity contribution is -0.136. The van der Waals surface area contributed by atoms with Crippen LogP contribution in [0.2, 0.25) is 0 Å². The van der Waals surface area contributed by atoms with Gasteiger partial charge in [-0.05, 0) is 47.1 Å². The Morgan fingerprint density at radius 3 is 2.75 bits per heavy atom. The Bertz CT molecular complexity index is 744. The van der Waals surface area contributed by atoms with E-state index in [0.717, 1.165) is 15.9 Å². The second-order valence-corrected chi connectivity index (χ2v) is 6.85. The van der Waals surface area contributed by atoms with E-state index in [1.165, 1.54) is 0 Å². The van der Waals surface area contributed by atoms with Crippen molar-refractivity contribution in [1.29, 1.82) is 0 Å². The molecule has 1 aromatic heterocycles. The van der Waals surface area contributed by atoms with Crippen molar-refractivity contribution in [1.82, 2.24) is 4.90 Å². The van der Waals surface area contributed by atoms with Crippen LogP contribution in [0.3, 0.4) is 0 Å². The fourth-order valence-corrected chi connectivity index (χ4v) is 3.47. The van der Waals surface area contributed by atoms with Gasteiger partial charge in [0, 0.05) is 24.5 Å². The second-order valence-electron chi connectivity index (χ2n) is 6.00. The molecule has 0 spiro atoms. The molecule has 1 aliphatic heterocycles. The van der Waals surface area contributed by atoms with Crippen molar-refractivity contribution in [2.45, 2.75) is 19.4 Å². The van der Waals surface area contributed by atoms with Crippen molar-refractivity contribution in [3.63, 3.8) is 0 Å². The van der Waals surface area contributed by atoms with Gasteiger partial charge in [0.2, 0.25) is 11.8 Å². The van der Waals surface area contributed by atoms with Gasteiger partial charge in [-0.2, -0.15) is 0 Å². The number of benzene rings is 1. The van der Waals surface area contributed by atoms with Crippen LogP contribution in [0, 0.1) is 5.92 Å². The molecule has 2 atom stereocenters. The second kappa shape index (κ2) is 6.81. The number of hydrogen-bond donors (Lipinski definition) is 0. The van der Waals surface area contributed by atoms with E-state index in [4.69, 9.17) is 4.42 Å². The van der Waals surface area contributed by atoms with Gasteiger partial charge in [-0.25, -0.2) is 0 Å². The fourth-order valence-electron chi connectivity index (χ4n) is 2.98. The summed E-state index contributed by atoms with van der Waals surface area (Å²) in [5.74, 6) is 0.325. The first-order valence-corrected chi connectivity index (χ1v) is 8.63. The van der Waals surface area contributed by atoms with Gasteiger partial charge in [0.05, 0.1) is 23.9 Å². The van der Waals surface area contributed by atoms with E-state index < -0.39 is 0 Å². The molecule has 0 radical (unpaired) electrons. The number of nitrogens with zero attached hydrogens (tertiary/aromatic N) is 2. The largest absolute Gasteiger partial charge is 0.467 e. The summed E-state index contributed by atoms with van der Waals surface area (Å²) in [5, 5.41) is 0. The molecule has 2 unspecified atom stereocenters. The molecular formula is C18H19BrN2O3. The van der Waals surface area contributed by atoms with Gasteiger partial charge in [0.25, 0.3) is 0 Å². The lowest BCUT2D eigenvalue weighted by Crippen LogP contribution is -2.36. The van der Waals surface area contributed by atoms with Gasteiger partial charge in [0.1, 0.15) is 5.76 Å². The van der Waals surface area contributed by atoms with Crippen LogP contribution in [-0.4, -0.2) is 30.3 Å². The van der Waals surface area contributed by atoms with E-state index in [2.05, 4.69) is 15.9 Å². The molecule has 24 heavy (non-hydrogen) atoms. The van der Waals surface area contributed by atoms with Crippen LogP contribution in [-0.2, 0) is 9.59 Å². The van der Waals surface area contributed by atoms with E-state index in [1.807, 2.05) is 37.3 Å². The van der Waals surface area contributed by atoms with Gasteiger partial charge in [-0.3, -0.25) is 9.59 Å². The first-order valence-electron chi connectivity index (χ1n) is 7.84. The molecule has 1 fully saturated rings. The molecule has 2 heterocycles. The van der Waals surface area contributed by atoms with Crippen molar-refractivity contribution in [3.8, 4) is 0 Å². The lowest BCUT2D eigenvalue weighted by atomic mass is 10.1. The first kappa shape index (κ1) is 16.8. The van der Waals surface area contributed by atoms with E-state index >= 15 is 0 Å². The molecule has 0 aliphatic carbocycles. The quantitative estimate of drug-likeness (QED) is 0.800. The summed E-state index contributed by atoms with van der Waals surface area (Å²) in [7, 11) is 1.75. The molecule has 1 saturated heterocycles. The molecule has 0 saturated carbocycles. The Labute approximate surface area is 149 Å². The third-order valence-corrected chi connectivity index (χ3v) is 5.17. The topological polar surface area (TPSA) is 53.8 Å². The molecule has 126 valence electrons. The van der Waals surface area contributed by atoms with Crippen LogP contribution in [0.15, 0.2) is 51.6 Å². The van der Waals surface area contributed by atoms with Crippen molar-refractivity contribution < 1.29 is 14.0 Å². The normalized spacial score (nSPS) is 18.7. The zero-order valence-corrected chi connectivity index (χ0v) is 15.2. The predicted molar refractivity (Wildman–Crippen MR) is 94.5 cm³/mol. The van der Waals surface area contributed by atoms with Gasteiger partial charge in [0.15, 0.2) is 0 Å². The summed E-state index contributed by atoms with van der Waals surface area (Å²) in [5.41, 5.74) is 0.805. The average molecular weight is 391 g/mol. The molecule has 1 aromatic carbocycles. The minimum atomic E-state index is -0.341. The summed E-state index contributed by atoms with van der Waals surface area (Å²) in [6.07, 6.45) is 1.83. The van der Waals surface area contributed by atoms with E-state index in [0.29, 0.717) is 6.54 Å². The minimum Gasteiger partial charge on any atom is -0.467 e. The van der Waals surface area contributed by atoms with Gasteiger partial charge in [-0.1, -0.05) is 12.1 Å². The molecule has 0 bridgehead atoms. The minimum absolute atomic E-state index is 0.0284. The highest BCUT2D eigenvalue weighted by molar-refractivity contribution is 9.10. The first-order chi connectivity index (χ1) is 11.5. The van der Waals surface area contributed by atoms with Crippen molar-refractivity contribution in [3.05, 3.63) is 52.9 Å². The molecule has 0 N–H and O–H groups in total. The number of carbonyl (C=O) groups excluding carboxylic acids is 2. The monoisotopic (exact) mass is 390 g/mol. The summed E-state index contributed by atoms with van der Waals surface area (Å²) in [4.78, 5) is 28.5. The Balaban J connectivity index is 1.73. The third kappa shape index (κ3) is 3.11. The van der Waals surface area contributed by atoms with Crippen molar-refractivity contribution in [2.75, 3.05) is 18.5 Å². The Kier molecular flexibility index (Phi) is 4.76. The van der Waals surface area contributed by atoms with Crippen LogP contribution in [0.5, 0.6) is 0 Å². The third-order valence-electron chi connectivity index (χ3n) is 4.50. The number of rotatable bonds is 4. The highest BCUT2D eigenvalue weighted by Crippen LogP contribution is 2.32. The Morgan fingerprint density at radius 1 is 1.33 bits per heavy atom.